The summed E-state index contributed by atoms with van der Waals surface area (Å²) in [5, 5.41) is 6.36. The maximum absolute atomic E-state index is 12.0. The van der Waals surface area contributed by atoms with Crippen LogP contribution in [0, 0.1) is 18.8 Å². The molecule has 0 aliphatic carbocycles. The monoisotopic (exact) mass is 652 g/mol. The van der Waals surface area contributed by atoms with Gasteiger partial charge in [0.2, 0.25) is 5.91 Å². The third-order valence-corrected chi connectivity index (χ3v) is 7.38. The number of aliphatic imine (C=N–C) groups is 1. The van der Waals surface area contributed by atoms with E-state index < -0.39 is 0 Å². The van der Waals surface area contributed by atoms with Crippen LogP contribution in [-0.4, -0.2) is 67.0 Å². The molecule has 0 bridgehead atoms. The number of carbonyl (C=O) groups excluding carboxylic acids is 1. The lowest BCUT2D eigenvalue weighted by Crippen LogP contribution is -2.45. The van der Waals surface area contributed by atoms with Crippen molar-refractivity contribution in [2.45, 2.75) is 46.6 Å². The third-order valence-electron chi connectivity index (χ3n) is 6.33. The fourth-order valence-electron chi connectivity index (χ4n) is 4.07. The van der Waals surface area contributed by atoms with Crippen LogP contribution in [-0.2, 0) is 11.2 Å². The SMILES string of the molecule is C=C(NCC(CN=C(N)N)C(=C)N1CCCSCC1)C(Cc1ccccc1)NC(=O)CN.C=CN.CC(C)C.Cc1ccccc1. The van der Waals surface area contributed by atoms with Gasteiger partial charge in [0.15, 0.2) is 5.96 Å². The number of hydrogen-bond acceptors (Lipinski definition) is 7. The largest absolute Gasteiger partial charge is 0.405 e. The second-order valence-corrected chi connectivity index (χ2v) is 12.7. The van der Waals surface area contributed by atoms with Crippen LogP contribution >= 0.6 is 11.8 Å². The number of nitrogens with two attached hydrogens (primary N) is 4. The molecule has 1 aliphatic rings. The number of rotatable bonds is 12. The van der Waals surface area contributed by atoms with Gasteiger partial charge in [-0.25, -0.2) is 0 Å². The van der Waals surface area contributed by atoms with Crippen molar-refractivity contribution in [3.63, 3.8) is 0 Å². The van der Waals surface area contributed by atoms with Gasteiger partial charge in [-0.2, -0.15) is 11.8 Å². The maximum atomic E-state index is 12.0. The highest BCUT2D eigenvalue weighted by atomic mass is 32.2. The average molecular weight is 653 g/mol. The number of thioether (sulfide) groups is 1. The molecule has 2 aromatic carbocycles. The van der Waals surface area contributed by atoms with Crippen LogP contribution in [0.2, 0.25) is 0 Å². The maximum Gasteiger partial charge on any atom is 0.234 e. The summed E-state index contributed by atoms with van der Waals surface area (Å²) in [6.45, 7) is 23.1. The summed E-state index contributed by atoms with van der Waals surface area (Å²) in [5.74, 6) is 2.92. The molecule has 2 atom stereocenters. The van der Waals surface area contributed by atoms with Gasteiger partial charge < -0.3 is 38.5 Å². The number of guanidine groups is 1. The molecule has 2 unspecified atom stereocenters. The fraction of sp³-hybridized carbons (Fsp3) is 0.444. The molecule has 2 aromatic rings. The molecule has 9 nitrogen and oxygen atoms in total. The molecule has 1 aliphatic heterocycles. The third kappa shape index (κ3) is 21.8. The molecule has 256 valence electrons. The number of nitrogens with one attached hydrogen (secondary N) is 2. The zero-order valence-electron chi connectivity index (χ0n) is 28.6. The van der Waals surface area contributed by atoms with Crippen molar-refractivity contribution in [1.82, 2.24) is 15.5 Å². The van der Waals surface area contributed by atoms with E-state index in [4.69, 9.17) is 17.2 Å². The quantitative estimate of drug-likeness (QED) is 0.146. The molecule has 0 saturated carbocycles. The Balaban J connectivity index is 0.00000119. The van der Waals surface area contributed by atoms with Crippen LogP contribution in [0.5, 0.6) is 0 Å². The van der Waals surface area contributed by atoms with Gasteiger partial charge in [0.05, 0.1) is 19.1 Å². The van der Waals surface area contributed by atoms with Gasteiger partial charge >= 0.3 is 0 Å². The predicted octanol–water partition coefficient (Wildman–Crippen LogP) is 4.36. The van der Waals surface area contributed by atoms with Crippen LogP contribution in [0.15, 0.2) is 103 Å². The Morgan fingerprint density at radius 2 is 1.59 bits per heavy atom. The standard InChI is InChI=1S/C23H37N7OS.C7H8.C4H10.C2H5N/c1-17(21(29-22(31)14-24)13-19-7-4-3-5-8-19)27-15-20(16-28-23(25)26)18(2)30-9-6-11-32-12-10-30;1-7-5-3-2-4-6-7;1-4(2)3;1-2-3/h3-5,7-8,20-21,27H,1-2,6,9-16,24H2,(H,29,31)(H4,25,26,28);2-6H,1H3;4H,1-3H3;2H,1,3H2. The summed E-state index contributed by atoms with van der Waals surface area (Å²) >= 11 is 1.97. The molecule has 0 aromatic heterocycles. The van der Waals surface area contributed by atoms with Crippen molar-refractivity contribution in [2.75, 3.05) is 44.2 Å². The smallest absolute Gasteiger partial charge is 0.234 e. The number of hydrogen-bond donors (Lipinski definition) is 6. The summed E-state index contributed by atoms with van der Waals surface area (Å²) < 4.78 is 0. The normalized spacial score (nSPS) is 13.3. The molecular formula is C36H60N8OS. The molecule has 3 rings (SSSR count). The van der Waals surface area contributed by atoms with Gasteiger partial charge in [0, 0.05) is 42.7 Å². The van der Waals surface area contributed by atoms with Crippen molar-refractivity contribution in [2.24, 2.45) is 39.8 Å². The van der Waals surface area contributed by atoms with Crippen molar-refractivity contribution in [1.29, 1.82) is 0 Å². The Kier molecular flexibility index (Phi) is 24.1. The fourth-order valence-corrected chi connectivity index (χ4v) is 4.96. The Morgan fingerprint density at radius 1 is 1.02 bits per heavy atom. The lowest BCUT2D eigenvalue weighted by atomic mass is 10.0. The molecule has 1 heterocycles. The summed E-state index contributed by atoms with van der Waals surface area (Å²) in [7, 11) is 0. The zero-order valence-corrected chi connectivity index (χ0v) is 29.4. The molecule has 1 amide bonds. The molecule has 1 fully saturated rings. The van der Waals surface area contributed by atoms with Gasteiger partial charge in [-0.3, -0.25) is 9.79 Å². The number of nitrogens with zero attached hydrogens (tertiary/aromatic N) is 2. The summed E-state index contributed by atoms with van der Waals surface area (Å²) in [4.78, 5) is 18.6. The van der Waals surface area contributed by atoms with E-state index in [0.29, 0.717) is 25.2 Å². The van der Waals surface area contributed by atoms with E-state index in [2.05, 4.69) is 85.8 Å². The highest BCUT2D eigenvalue weighted by Crippen LogP contribution is 2.20. The highest BCUT2D eigenvalue weighted by molar-refractivity contribution is 7.99. The molecule has 0 spiro atoms. The molecule has 1 saturated heterocycles. The van der Waals surface area contributed by atoms with Crippen LogP contribution in [0.4, 0.5) is 0 Å². The van der Waals surface area contributed by atoms with Gasteiger partial charge in [-0.1, -0.05) is 107 Å². The van der Waals surface area contributed by atoms with E-state index in [1.807, 2.05) is 60.3 Å². The van der Waals surface area contributed by atoms with E-state index in [1.54, 1.807) is 0 Å². The predicted molar refractivity (Wildman–Crippen MR) is 201 cm³/mol. The lowest BCUT2D eigenvalue weighted by molar-refractivity contribution is -0.120. The zero-order chi connectivity index (χ0) is 34.7. The summed E-state index contributed by atoms with van der Waals surface area (Å²) in [6.07, 6.45) is 2.99. The van der Waals surface area contributed by atoms with E-state index in [-0.39, 0.29) is 30.4 Å². The second kappa shape index (κ2) is 26.3. The molecule has 10 N–H and O–H groups in total. The number of carbonyl (C=O) groups is 1. The first-order valence-electron chi connectivity index (χ1n) is 15.8. The first-order chi connectivity index (χ1) is 21.9. The first-order valence-corrected chi connectivity index (χ1v) is 17.0. The molecular weight excluding hydrogens is 593 g/mol. The van der Waals surface area contributed by atoms with E-state index in [0.717, 1.165) is 42.4 Å². The van der Waals surface area contributed by atoms with Crippen molar-refractivity contribution in [3.05, 3.63) is 109 Å². The Bertz CT molecular complexity index is 1130. The summed E-state index contributed by atoms with van der Waals surface area (Å²) in [6, 6.07) is 19.9. The van der Waals surface area contributed by atoms with E-state index in [1.165, 1.54) is 17.5 Å². The molecule has 0 radical (unpaired) electrons. The van der Waals surface area contributed by atoms with E-state index >= 15 is 0 Å². The van der Waals surface area contributed by atoms with Gasteiger partial charge in [-0.15, -0.1) is 0 Å². The second-order valence-electron chi connectivity index (χ2n) is 11.4. The van der Waals surface area contributed by atoms with Crippen LogP contribution in [0.25, 0.3) is 0 Å². The molecule has 46 heavy (non-hydrogen) atoms. The average Bonchev–Trinajstić information content (AvgIpc) is 3.31. The van der Waals surface area contributed by atoms with Crippen molar-refractivity contribution in [3.8, 4) is 0 Å². The number of benzene rings is 2. The Hall–Kier alpha value is -3.89. The number of aryl methyl sites for hydroxylation is 1. The van der Waals surface area contributed by atoms with Crippen LogP contribution in [0.1, 0.15) is 38.3 Å². The minimum atomic E-state index is -0.292. The lowest BCUT2D eigenvalue weighted by Gasteiger charge is -2.31. The van der Waals surface area contributed by atoms with Crippen LogP contribution < -0.4 is 33.6 Å². The van der Waals surface area contributed by atoms with Gasteiger partial charge in [0.1, 0.15) is 0 Å². The Labute approximate surface area is 283 Å². The topological polar surface area (TPSA) is 161 Å². The Morgan fingerprint density at radius 3 is 2.09 bits per heavy atom. The molecule has 10 heteroatoms. The van der Waals surface area contributed by atoms with Gasteiger partial charge in [0.25, 0.3) is 0 Å². The van der Waals surface area contributed by atoms with Gasteiger partial charge in [-0.05, 0) is 43.2 Å². The van der Waals surface area contributed by atoms with E-state index in [9.17, 15) is 4.79 Å². The minimum absolute atomic E-state index is 0.000430. The minimum Gasteiger partial charge on any atom is -0.405 e. The van der Waals surface area contributed by atoms with Crippen LogP contribution in [0.3, 0.4) is 0 Å². The number of amides is 1. The summed E-state index contributed by atoms with van der Waals surface area (Å²) in [5.41, 5.74) is 25.5. The van der Waals surface area contributed by atoms with Crippen molar-refractivity contribution >= 4 is 23.6 Å². The highest BCUT2D eigenvalue weighted by Gasteiger charge is 2.22. The first kappa shape index (κ1) is 42.1. The van der Waals surface area contributed by atoms with Crippen molar-refractivity contribution < 1.29 is 4.79 Å².